The van der Waals surface area contributed by atoms with E-state index in [9.17, 15) is 9.59 Å². The van der Waals surface area contributed by atoms with Gasteiger partial charge in [-0.05, 0) is 37.3 Å². The number of aromatic carboxylic acids is 1. The number of carbonyl (C=O) groups excluding carboxylic acids is 1. The Morgan fingerprint density at radius 1 is 1.29 bits per heavy atom. The fourth-order valence-electron chi connectivity index (χ4n) is 1.70. The second-order valence-corrected chi connectivity index (χ2v) is 5.97. The van der Waals surface area contributed by atoms with Crippen molar-refractivity contribution in [2.75, 3.05) is 5.32 Å². The van der Waals surface area contributed by atoms with Crippen LogP contribution < -0.4 is 5.32 Å². The molecule has 0 saturated heterocycles. The van der Waals surface area contributed by atoms with Crippen LogP contribution in [0.1, 0.15) is 20.1 Å². The number of anilines is 1. The molecule has 2 aromatic rings. The van der Waals surface area contributed by atoms with Crippen LogP contribution in [0.25, 0.3) is 6.08 Å². The number of nitrogens with one attached hydrogen (secondary N) is 1. The number of amides is 1. The molecule has 0 aliphatic heterocycles. The SMILES string of the molecule is Cc1ccc(/C=C/C(=O)Nc2c(Cl)cccc2C(=O)O)s1. The number of para-hydroxylation sites is 1. The molecule has 0 aliphatic rings. The van der Waals surface area contributed by atoms with E-state index in [2.05, 4.69) is 5.32 Å². The Labute approximate surface area is 130 Å². The fraction of sp³-hybridized carbons (Fsp3) is 0.0667. The zero-order valence-electron chi connectivity index (χ0n) is 11.1. The second kappa shape index (κ2) is 6.56. The molecule has 1 heterocycles. The van der Waals surface area contributed by atoms with Crippen molar-refractivity contribution in [2.24, 2.45) is 0 Å². The Bertz CT molecular complexity index is 721. The van der Waals surface area contributed by atoms with Crippen molar-refractivity contribution in [1.29, 1.82) is 0 Å². The van der Waals surface area contributed by atoms with Gasteiger partial charge in [-0.1, -0.05) is 17.7 Å². The number of carbonyl (C=O) groups is 2. The van der Waals surface area contributed by atoms with Gasteiger partial charge >= 0.3 is 5.97 Å². The van der Waals surface area contributed by atoms with Gasteiger partial charge in [0.15, 0.2) is 0 Å². The van der Waals surface area contributed by atoms with Crippen LogP contribution in [-0.4, -0.2) is 17.0 Å². The van der Waals surface area contributed by atoms with Crippen molar-refractivity contribution in [3.05, 3.63) is 56.7 Å². The summed E-state index contributed by atoms with van der Waals surface area (Å²) in [6.07, 6.45) is 3.02. The van der Waals surface area contributed by atoms with Crippen LogP contribution in [-0.2, 0) is 4.79 Å². The first-order valence-electron chi connectivity index (χ1n) is 6.04. The summed E-state index contributed by atoms with van der Waals surface area (Å²) in [6, 6.07) is 8.29. The van der Waals surface area contributed by atoms with Crippen molar-refractivity contribution in [2.45, 2.75) is 6.92 Å². The number of carboxylic acids is 1. The molecular formula is C15H12ClNO3S. The van der Waals surface area contributed by atoms with E-state index in [4.69, 9.17) is 16.7 Å². The van der Waals surface area contributed by atoms with Crippen molar-refractivity contribution in [3.63, 3.8) is 0 Å². The molecule has 1 amide bonds. The molecule has 1 aromatic carbocycles. The van der Waals surface area contributed by atoms with Crippen molar-refractivity contribution < 1.29 is 14.7 Å². The zero-order valence-corrected chi connectivity index (χ0v) is 12.7. The van der Waals surface area contributed by atoms with Gasteiger partial charge in [-0.3, -0.25) is 4.79 Å². The average Bonchev–Trinajstić information content (AvgIpc) is 2.84. The molecule has 2 rings (SSSR count). The monoisotopic (exact) mass is 321 g/mol. The fourth-order valence-corrected chi connectivity index (χ4v) is 2.70. The second-order valence-electron chi connectivity index (χ2n) is 4.24. The normalized spacial score (nSPS) is 10.8. The molecule has 0 unspecified atom stereocenters. The summed E-state index contributed by atoms with van der Waals surface area (Å²) in [7, 11) is 0. The number of hydrogen-bond acceptors (Lipinski definition) is 3. The Morgan fingerprint density at radius 3 is 2.67 bits per heavy atom. The molecule has 0 fully saturated rings. The largest absolute Gasteiger partial charge is 0.478 e. The lowest BCUT2D eigenvalue weighted by Gasteiger charge is -2.08. The average molecular weight is 322 g/mol. The van der Waals surface area contributed by atoms with Crippen LogP contribution in [0.15, 0.2) is 36.4 Å². The molecule has 0 saturated carbocycles. The minimum atomic E-state index is -1.15. The van der Waals surface area contributed by atoms with Gasteiger partial charge in [0, 0.05) is 15.8 Å². The maximum atomic E-state index is 11.9. The molecule has 0 aliphatic carbocycles. The van der Waals surface area contributed by atoms with E-state index < -0.39 is 11.9 Å². The van der Waals surface area contributed by atoms with E-state index in [1.165, 1.54) is 24.3 Å². The predicted octanol–water partition coefficient (Wildman–Crippen LogP) is 4.06. The van der Waals surface area contributed by atoms with Gasteiger partial charge in [-0.2, -0.15) is 0 Å². The van der Waals surface area contributed by atoms with Gasteiger partial charge in [0.25, 0.3) is 0 Å². The standard InChI is InChI=1S/C15H12ClNO3S/c1-9-5-6-10(21-9)7-8-13(18)17-14-11(15(19)20)3-2-4-12(14)16/h2-8H,1H3,(H,17,18)(H,19,20)/b8-7+. The lowest BCUT2D eigenvalue weighted by molar-refractivity contribution is -0.111. The van der Waals surface area contributed by atoms with Crippen LogP contribution >= 0.6 is 22.9 Å². The molecule has 6 heteroatoms. The Hall–Kier alpha value is -2.11. The van der Waals surface area contributed by atoms with E-state index in [1.54, 1.807) is 17.4 Å². The third kappa shape index (κ3) is 3.93. The minimum absolute atomic E-state index is 0.0452. The van der Waals surface area contributed by atoms with Crippen molar-refractivity contribution in [1.82, 2.24) is 0 Å². The summed E-state index contributed by atoms with van der Waals surface area (Å²) in [5.41, 5.74) is 0.0555. The predicted molar refractivity (Wildman–Crippen MR) is 85.1 cm³/mol. The van der Waals surface area contributed by atoms with E-state index in [0.717, 1.165) is 9.75 Å². The molecule has 0 radical (unpaired) electrons. The number of rotatable bonds is 4. The lowest BCUT2D eigenvalue weighted by atomic mass is 10.2. The highest BCUT2D eigenvalue weighted by Crippen LogP contribution is 2.26. The summed E-state index contributed by atoms with van der Waals surface area (Å²) in [5.74, 6) is -1.58. The molecule has 4 nitrogen and oxygen atoms in total. The highest BCUT2D eigenvalue weighted by molar-refractivity contribution is 7.12. The summed E-state index contributed by atoms with van der Waals surface area (Å²) in [6.45, 7) is 1.98. The van der Waals surface area contributed by atoms with E-state index in [1.807, 2.05) is 19.1 Å². The maximum absolute atomic E-state index is 11.9. The van der Waals surface area contributed by atoms with Gasteiger partial charge in [0.2, 0.25) is 5.91 Å². The zero-order chi connectivity index (χ0) is 15.4. The molecule has 108 valence electrons. The van der Waals surface area contributed by atoms with Crippen LogP contribution in [0, 0.1) is 6.92 Å². The van der Waals surface area contributed by atoms with Crippen molar-refractivity contribution >= 4 is 46.6 Å². The Kier molecular flexibility index (Phi) is 4.77. The summed E-state index contributed by atoms with van der Waals surface area (Å²) >= 11 is 7.50. The van der Waals surface area contributed by atoms with Gasteiger partial charge in [0.1, 0.15) is 0 Å². The molecular weight excluding hydrogens is 310 g/mol. The number of benzene rings is 1. The molecule has 2 N–H and O–H groups in total. The number of hydrogen-bond donors (Lipinski definition) is 2. The molecule has 0 atom stereocenters. The van der Waals surface area contributed by atoms with Gasteiger partial charge < -0.3 is 10.4 Å². The first-order chi connectivity index (χ1) is 9.97. The van der Waals surface area contributed by atoms with E-state index in [0.29, 0.717) is 0 Å². The summed E-state index contributed by atoms with van der Waals surface area (Å²) in [5, 5.41) is 11.8. The molecule has 1 aromatic heterocycles. The lowest BCUT2D eigenvalue weighted by Crippen LogP contribution is -2.12. The van der Waals surface area contributed by atoms with Gasteiger partial charge in [-0.25, -0.2) is 4.79 Å². The highest BCUT2D eigenvalue weighted by Gasteiger charge is 2.14. The number of carboxylic acid groups (broad SMARTS) is 1. The highest BCUT2D eigenvalue weighted by atomic mass is 35.5. The first kappa shape index (κ1) is 15.3. The molecule has 0 bridgehead atoms. The summed E-state index contributed by atoms with van der Waals surface area (Å²) in [4.78, 5) is 25.1. The van der Waals surface area contributed by atoms with Crippen LogP contribution in [0.4, 0.5) is 5.69 Å². The Balaban J connectivity index is 2.16. The molecule has 21 heavy (non-hydrogen) atoms. The maximum Gasteiger partial charge on any atom is 0.337 e. The number of thiophene rings is 1. The Morgan fingerprint density at radius 2 is 2.05 bits per heavy atom. The molecule has 0 spiro atoms. The van der Waals surface area contributed by atoms with E-state index >= 15 is 0 Å². The van der Waals surface area contributed by atoms with Crippen LogP contribution in [0.2, 0.25) is 5.02 Å². The number of halogens is 1. The van der Waals surface area contributed by atoms with Gasteiger partial charge in [-0.15, -0.1) is 11.3 Å². The summed E-state index contributed by atoms with van der Waals surface area (Å²) < 4.78 is 0. The minimum Gasteiger partial charge on any atom is -0.478 e. The number of aryl methyl sites for hydroxylation is 1. The van der Waals surface area contributed by atoms with Crippen molar-refractivity contribution in [3.8, 4) is 0 Å². The van der Waals surface area contributed by atoms with E-state index in [-0.39, 0.29) is 16.3 Å². The van der Waals surface area contributed by atoms with Crippen LogP contribution in [0.3, 0.4) is 0 Å². The quantitative estimate of drug-likeness (QED) is 0.834. The first-order valence-corrected chi connectivity index (χ1v) is 7.24. The third-order valence-corrected chi connectivity index (χ3v) is 3.93. The van der Waals surface area contributed by atoms with Crippen LogP contribution in [0.5, 0.6) is 0 Å². The smallest absolute Gasteiger partial charge is 0.337 e. The third-order valence-electron chi connectivity index (χ3n) is 2.65. The van der Waals surface area contributed by atoms with Gasteiger partial charge in [0.05, 0.1) is 16.3 Å². The topological polar surface area (TPSA) is 66.4 Å².